The second-order valence-corrected chi connectivity index (χ2v) is 8.42. The molecule has 2 fully saturated rings. The third-order valence-corrected chi connectivity index (χ3v) is 6.29. The van der Waals surface area contributed by atoms with Crippen molar-refractivity contribution in [3.8, 4) is 6.07 Å². The molecule has 0 radical (unpaired) electrons. The Morgan fingerprint density at radius 3 is 2.07 bits per heavy atom. The Balaban J connectivity index is 1.40. The molecule has 2 aliphatic rings. The molecule has 0 atom stereocenters. The van der Waals surface area contributed by atoms with Gasteiger partial charge in [-0.25, -0.2) is 0 Å². The summed E-state index contributed by atoms with van der Waals surface area (Å²) in [7, 11) is 2.17. The molecule has 0 saturated carbocycles. The molecule has 0 aliphatic carbocycles. The minimum Gasteiger partial charge on any atom is -0.369 e. The zero-order valence-electron chi connectivity index (χ0n) is 17.0. The van der Waals surface area contributed by atoms with Crippen molar-refractivity contribution < 1.29 is 0 Å². The highest BCUT2D eigenvalue weighted by Crippen LogP contribution is 2.24. The van der Waals surface area contributed by atoms with Gasteiger partial charge in [-0.05, 0) is 55.1 Å². The molecule has 0 aromatic heterocycles. The smallest absolute Gasteiger partial charge is 0.0995 e. The van der Waals surface area contributed by atoms with Crippen LogP contribution in [0.4, 0.5) is 11.4 Å². The normalized spacial score (nSPS) is 18.7. The molecule has 2 aromatic rings. The highest BCUT2D eigenvalue weighted by atomic mass is 35.5. The minimum atomic E-state index is 0.775. The molecular weight excluding hydrogens is 382 g/mol. The van der Waals surface area contributed by atoms with Gasteiger partial charge in [0.2, 0.25) is 0 Å². The van der Waals surface area contributed by atoms with E-state index in [4.69, 9.17) is 11.6 Å². The predicted molar refractivity (Wildman–Crippen MR) is 120 cm³/mol. The highest BCUT2D eigenvalue weighted by Gasteiger charge is 2.20. The van der Waals surface area contributed by atoms with E-state index in [9.17, 15) is 5.26 Å². The van der Waals surface area contributed by atoms with Crippen LogP contribution in [0, 0.1) is 11.3 Å². The van der Waals surface area contributed by atoms with Crippen LogP contribution in [-0.2, 0) is 6.54 Å². The number of likely N-dealkylation sites (N-methyl/N-ethyl adjacent to an activating group) is 1. The molecule has 6 heteroatoms. The van der Waals surface area contributed by atoms with E-state index < -0.39 is 0 Å². The Bertz CT molecular complexity index is 860. The monoisotopic (exact) mass is 409 g/mol. The van der Waals surface area contributed by atoms with Gasteiger partial charge in [0.1, 0.15) is 0 Å². The molecule has 152 valence electrons. The van der Waals surface area contributed by atoms with Crippen molar-refractivity contribution in [2.75, 3.05) is 69.2 Å². The number of benzene rings is 2. The molecule has 2 heterocycles. The second kappa shape index (κ2) is 9.04. The van der Waals surface area contributed by atoms with Gasteiger partial charge in [0.25, 0.3) is 0 Å². The summed E-state index contributed by atoms with van der Waals surface area (Å²) in [5.41, 5.74) is 4.41. The van der Waals surface area contributed by atoms with Crippen molar-refractivity contribution in [1.29, 1.82) is 5.26 Å². The molecule has 0 bridgehead atoms. The van der Waals surface area contributed by atoms with Crippen molar-refractivity contribution in [1.82, 2.24) is 9.80 Å². The summed E-state index contributed by atoms with van der Waals surface area (Å²) in [4.78, 5) is 9.65. The van der Waals surface area contributed by atoms with Crippen LogP contribution in [0.15, 0.2) is 42.5 Å². The van der Waals surface area contributed by atoms with Gasteiger partial charge in [-0.15, -0.1) is 0 Å². The molecule has 5 nitrogen and oxygen atoms in total. The lowest BCUT2D eigenvalue weighted by molar-refractivity contribution is 0.249. The van der Waals surface area contributed by atoms with Crippen molar-refractivity contribution in [2.24, 2.45) is 0 Å². The molecule has 0 unspecified atom stereocenters. The first-order chi connectivity index (χ1) is 14.1. The minimum absolute atomic E-state index is 0.775. The summed E-state index contributed by atoms with van der Waals surface area (Å²) in [6.45, 7) is 9.05. The fourth-order valence-electron chi connectivity index (χ4n) is 4.14. The van der Waals surface area contributed by atoms with Crippen molar-refractivity contribution in [2.45, 2.75) is 6.54 Å². The van der Waals surface area contributed by atoms with Crippen LogP contribution in [0.2, 0.25) is 5.02 Å². The number of hydrogen-bond acceptors (Lipinski definition) is 5. The lowest BCUT2D eigenvalue weighted by atomic mass is 10.1. The van der Waals surface area contributed by atoms with Gasteiger partial charge in [0, 0.05) is 75.3 Å². The number of piperazine rings is 2. The Kier molecular flexibility index (Phi) is 6.25. The third kappa shape index (κ3) is 4.84. The fourth-order valence-corrected chi connectivity index (χ4v) is 4.26. The maximum Gasteiger partial charge on any atom is 0.0995 e. The lowest BCUT2D eigenvalue weighted by Gasteiger charge is -2.37. The molecule has 2 aliphatic heterocycles. The van der Waals surface area contributed by atoms with E-state index in [0.717, 1.165) is 75.1 Å². The van der Waals surface area contributed by atoms with Gasteiger partial charge in [-0.3, -0.25) is 4.90 Å². The van der Waals surface area contributed by atoms with Crippen molar-refractivity contribution in [3.63, 3.8) is 0 Å². The van der Waals surface area contributed by atoms with E-state index in [1.807, 2.05) is 18.2 Å². The molecule has 0 spiro atoms. The van der Waals surface area contributed by atoms with E-state index in [2.05, 4.69) is 57.0 Å². The van der Waals surface area contributed by atoms with Crippen LogP contribution in [-0.4, -0.2) is 69.2 Å². The van der Waals surface area contributed by atoms with Crippen LogP contribution in [0.5, 0.6) is 0 Å². The van der Waals surface area contributed by atoms with E-state index in [1.165, 1.54) is 11.4 Å². The number of halogens is 1. The summed E-state index contributed by atoms with van der Waals surface area (Å²) >= 11 is 6.01. The van der Waals surface area contributed by atoms with Gasteiger partial charge in [-0.2, -0.15) is 5.26 Å². The lowest BCUT2D eigenvalue weighted by Crippen LogP contribution is -2.46. The first-order valence-corrected chi connectivity index (χ1v) is 10.7. The maximum absolute atomic E-state index is 9.59. The number of nitriles is 1. The largest absolute Gasteiger partial charge is 0.369 e. The second-order valence-electron chi connectivity index (χ2n) is 7.98. The van der Waals surface area contributed by atoms with E-state index in [1.54, 1.807) is 0 Å². The standard InChI is InChI=1S/C23H28ClN5/c1-26-8-12-29(13-9-26)23-5-2-19(17-25)20(16-23)18-27-10-14-28(15-11-27)22-6-3-21(24)4-7-22/h2-7,16H,8-15,18H2,1H3. The Labute approximate surface area is 178 Å². The summed E-state index contributed by atoms with van der Waals surface area (Å²) in [6, 6.07) is 16.8. The van der Waals surface area contributed by atoms with Gasteiger partial charge >= 0.3 is 0 Å². The summed E-state index contributed by atoms with van der Waals surface area (Å²) in [6.07, 6.45) is 0. The fraction of sp³-hybridized carbons (Fsp3) is 0.435. The molecule has 2 aromatic carbocycles. The summed E-state index contributed by atoms with van der Waals surface area (Å²) in [5.74, 6) is 0. The highest BCUT2D eigenvalue weighted by molar-refractivity contribution is 6.30. The summed E-state index contributed by atoms with van der Waals surface area (Å²) in [5, 5.41) is 10.4. The number of anilines is 2. The van der Waals surface area contributed by atoms with Crippen molar-refractivity contribution >= 4 is 23.0 Å². The van der Waals surface area contributed by atoms with Crippen LogP contribution in [0.25, 0.3) is 0 Å². The average molecular weight is 410 g/mol. The van der Waals surface area contributed by atoms with Crippen LogP contribution >= 0.6 is 11.6 Å². The zero-order valence-corrected chi connectivity index (χ0v) is 17.8. The maximum atomic E-state index is 9.59. The number of hydrogen-bond donors (Lipinski definition) is 0. The van der Waals surface area contributed by atoms with Crippen LogP contribution in [0.3, 0.4) is 0 Å². The van der Waals surface area contributed by atoms with Crippen LogP contribution < -0.4 is 9.80 Å². The van der Waals surface area contributed by atoms with Crippen molar-refractivity contribution in [3.05, 3.63) is 58.6 Å². The topological polar surface area (TPSA) is 36.8 Å². The van der Waals surface area contributed by atoms with Gasteiger partial charge in [0.15, 0.2) is 0 Å². The van der Waals surface area contributed by atoms with Gasteiger partial charge < -0.3 is 14.7 Å². The number of rotatable bonds is 4. The number of nitrogens with zero attached hydrogens (tertiary/aromatic N) is 5. The molecule has 4 rings (SSSR count). The first kappa shape index (κ1) is 20.0. The third-order valence-electron chi connectivity index (χ3n) is 6.04. The Hall–Kier alpha value is -2.26. The molecule has 29 heavy (non-hydrogen) atoms. The predicted octanol–water partition coefficient (Wildman–Crippen LogP) is 3.29. The van der Waals surface area contributed by atoms with Crippen LogP contribution in [0.1, 0.15) is 11.1 Å². The Morgan fingerprint density at radius 1 is 0.828 bits per heavy atom. The molecule has 2 saturated heterocycles. The molecule has 0 N–H and O–H groups in total. The quantitative estimate of drug-likeness (QED) is 0.774. The molecule has 0 amide bonds. The van der Waals surface area contributed by atoms with E-state index in [-0.39, 0.29) is 0 Å². The summed E-state index contributed by atoms with van der Waals surface area (Å²) < 4.78 is 0. The SMILES string of the molecule is CN1CCN(c2ccc(C#N)c(CN3CCN(c4ccc(Cl)cc4)CC3)c2)CC1. The molecular formula is C23H28ClN5. The average Bonchev–Trinajstić information content (AvgIpc) is 2.75. The first-order valence-electron chi connectivity index (χ1n) is 10.3. The van der Waals surface area contributed by atoms with Gasteiger partial charge in [-0.1, -0.05) is 11.6 Å². The van der Waals surface area contributed by atoms with Gasteiger partial charge in [0.05, 0.1) is 11.6 Å². The Morgan fingerprint density at radius 2 is 1.41 bits per heavy atom. The van der Waals surface area contributed by atoms with E-state index in [0.29, 0.717) is 0 Å². The zero-order chi connectivity index (χ0) is 20.2. The van der Waals surface area contributed by atoms with E-state index >= 15 is 0 Å².